The topological polar surface area (TPSA) is 76.3 Å². The summed E-state index contributed by atoms with van der Waals surface area (Å²) < 4.78 is 20.4. The molecular formula is C22H26FN5O2. The van der Waals surface area contributed by atoms with Crippen molar-refractivity contribution in [1.29, 1.82) is 0 Å². The summed E-state index contributed by atoms with van der Waals surface area (Å²) in [6.45, 7) is 4.57. The van der Waals surface area contributed by atoms with E-state index >= 15 is 0 Å². The molecule has 30 heavy (non-hydrogen) atoms. The molecule has 1 aromatic heterocycles. The van der Waals surface area contributed by atoms with Gasteiger partial charge in [-0.3, -0.25) is 4.90 Å². The summed E-state index contributed by atoms with van der Waals surface area (Å²) in [4.78, 5) is 2.37. The number of halogens is 1. The number of aromatic nitrogens is 4. The van der Waals surface area contributed by atoms with Crippen LogP contribution in [-0.4, -0.2) is 50.4 Å². The van der Waals surface area contributed by atoms with Gasteiger partial charge in [-0.15, -0.1) is 5.10 Å². The van der Waals surface area contributed by atoms with Crippen LogP contribution in [0, 0.1) is 11.7 Å². The van der Waals surface area contributed by atoms with Gasteiger partial charge in [-0.25, -0.2) is 9.07 Å². The van der Waals surface area contributed by atoms with Crippen molar-refractivity contribution >= 4 is 0 Å². The number of phenolic OH excluding ortho intramolecular Hbond substituents is 1. The van der Waals surface area contributed by atoms with Crippen molar-refractivity contribution in [1.82, 2.24) is 25.1 Å². The second-order valence-corrected chi connectivity index (χ2v) is 7.87. The molecule has 7 nitrogen and oxygen atoms in total. The molecule has 3 aromatic rings. The standard InChI is InChI=1S/C22H26FN5O2/c1-15-9-11-27(12-10-15)21(17-5-8-19(29)20(13-17)30-2)22-24-25-26-28(22)14-16-3-6-18(23)7-4-16/h3-8,13,15,21,29H,9-12,14H2,1-2H3. The van der Waals surface area contributed by atoms with E-state index in [1.54, 1.807) is 22.9 Å². The van der Waals surface area contributed by atoms with Crippen LogP contribution in [0.15, 0.2) is 42.5 Å². The van der Waals surface area contributed by atoms with Crippen molar-refractivity contribution in [3.8, 4) is 11.5 Å². The lowest BCUT2D eigenvalue weighted by molar-refractivity contribution is 0.150. The Kier molecular flexibility index (Phi) is 5.94. The van der Waals surface area contributed by atoms with Gasteiger partial charge in [0.15, 0.2) is 17.3 Å². The maximum Gasteiger partial charge on any atom is 0.173 e. The van der Waals surface area contributed by atoms with E-state index in [1.807, 2.05) is 12.1 Å². The molecule has 1 aliphatic rings. The molecule has 0 bridgehead atoms. The van der Waals surface area contributed by atoms with E-state index in [2.05, 4.69) is 27.3 Å². The first-order chi connectivity index (χ1) is 14.5. The number of hydrogen-bond acceptors (Lipinski definition) is 6. The van der Waals surface area contributed by atoms with E-state index in [0.717, 1.165) is 37.1 Å². The summed E-state index contributed by atoms with van der Waals surface area (Å²) in [5.41, 5.74) is 1.87. The number of tetrazole rings is 1. The summed E-state index contributed by atoms with van der Waals surface area (Å²) in [6.07, 6.45) is 2.20. The molecule has 0 radical (unpaired) electrons. The van der Waals surface area contributed by atoms with Gasteiger partial charge >= 0.3 is 0 Å². The highest BCUT2D eigenvalue weighted by molar-refractivity contribution is 5.44. The molecule has 1 N–H and O–H groups in total. The van der Waals surface area contributed by atoms with Crippen LogP contribution in [0.5, 0.6) is 11.5 Å². The van der Waals surface area contributed by atoms with Gasteiger partial charge in [0.2, 0.25) is 0 Å². The molecule has 0 aliphatic carbocycles. The van der Waals surface area contributed by atoms with E-state index in [1.165, 1.54) is 19.2 Å². The SMILES string of the molecule is COc1cc(C(c2nnnn2Cc2ccc(F)cc2)N2CCC(C)CC2)ccc1O. The monoisotopic (exact) mass is 411 g/mol. The predicted octanol–water partition coefficient (Wildman–Crippen LogP) is 3.40. The second kappa shape index (κ2) is 8.79. The van der Waals surface area contributed by atoms with Gasteiger partial charge in [0, 0.05) is 0 Å². The molecule has 2 heterocycles. The summed E-state index contributed by atoms with van der Waals surface area (Å²) in [5, 5.41) is 22.5. The van der Waals surface area contributed by atoms with Gasteiger partial charge in [-0.1, -0.05) is 25.1 Å². The van der Waals surface area contributed by atoms with E-state index in [4.69, 9.17) is 4.74 Å². The normalized spacial score (nSPS) is 16.5. The number of hydrogen-bond donors (Lipinski definition) is 1. The van der Waals surface area contributed by atoms with Gasteiger partial charge in [0.25, 0.3) is 0 Å². The number of likely N-dealkylation sites (tertiary alicyclic amines) is 1. The highest BCUT2D eigenvalue weighted by Crippen LogP contribution is 2.35. The maximum atomic E-state index is 13.3. The third-order valence-corrected chi connectivity index (χ3v) is 5.75. The molecule has 0 saturated carbocycles. The predicted molar refractivity (Wildman–Crippen MR) is 110 cm³/mol. The fraction of sp³-hybridized carbons (Fsp3) is 0.409. The molecule has 0 amide bonds. The molecule has 8 heteroatoms. The average molecular weight is 411 g/mol. The highest BCUT2D eigenvalue weighted by atomic mass is 19.1. The molecule has 1 atom stereocenters. The largest absolute Gasteiger partial charge is 0.504 e. The van der Waals surface area contributed by atoms with Gasteiger partial charge < -0.3 is 9.84 Å². The fourth-order valence-electron chi connectivity index (χ4n) is 3.96. The van der Waals surface area contributed by atoms with Crippen LogP contribution < -0.4 is 4.74 Å². The Morgan fingerprint density at radius 2 is 1.90 bits per heavy atom. The smallest absolute Gasteiger partial charge is 0.173 e. The summed E-state index contributed by atoms with van der Waals surface area (Å²) in [7, 11) is 1.54. The zero-order chi connectivity index (χ0) is 21.1. The van der Waals surface area contributed by atoms with Gasteiger partial charge in [-0.05, 0) is 77.7 Å². The van der Waals surface area contributed by atoms with E-state index < -0.39 is 0 Å². The minimum atomic E-state index is -0.271. The Hall–Kier alpha value is -3.00. The van der Waals surface area contributed by atoms with Crippen molar-refractivity contribution in [2.24, 2.45) is 5.92 Å². The highest BCUT2D eigenvalue weighted by Gasteiger charge is 2.31. The quantitative estimate of drug-likeness (QED) is 0.670. The number of nitrogens with zero attached hydrogens (tertiary/aromatic N) is 5. The average Bonchev–Trinajstić information content (AvgIpc) is 3.20. The van der Waals surface area contributed by atoms with E-state index in [9.17, 15) is 9.50 Å². The minimum Gasteiger partial charge on any atom is -0.504 e. The molecule has 158 valence electrons. The number of aromatic hydroxyl groups is 1. The molecule has 1 aliphatic heterocycles. The van der Waals surface area contributed by atoms with Crippen LogP contribution in [0.3, 0.4) is 0 Å². The van der Waals surface area contributed by atoms with Crippen LogP contribution in [0.2, 0.25) is 0 Å². The Bertz CT molecular complexity index is 983. The summed E-state index contributed by atoms with van der Waals surface area (Å²) in [5.74, 6) is 1.64. The Morgan fingerprint density at radius 3 is 2.60 bits per heavy atom. The second-order valence-electron chi connectivity index (χ2n) is 7.87. The van der Waals surface area contributed by atoms with E-state index in [-0.39, 0.29) is 17.6 Å². The number of methoxy groups -OCH3 is 1. The molecular weight excluding hydrogens is 385 g/mol. The van der Waals surface area contributed by atoms with Gasteiger partial charge in [-0.2, -0.15) is 0 Å². The third kappa shape index (κ3) is 4.28. The number of phenols is 1. The third-order valence-electron chi connectivity index (χ3n) is 5.75. The van der Waals surface area contributed by atoms with Crippen LogP contribution in [-0.2, 0) is 6.54 Å². The fourth-order valence-corrected chi connectivity index (χ4v) is 3.96. The van der Waals surface area contributed by atoms with Crippen LogP contribution in [0.1, 0.15) is 42.8 Å². The van der Waals surface area contributed by atoms with Crippen LogP contribution >= 0.6 is 0 Å². The molecule has 1 unspecified atom stereocenters. The zero-order valence-corrected chi connectivity index (χ0v) is 17.2. The molecule has 1 fully saturated rings. The van der Waals surface area contributed by atoms with Crippen molar-refractivity contribution in [3.05, 3.63) is 65.2 Å². The number of benzene rings is 2. The van der Waals surface area contributed by atoms with Crippen molar-refractivity contribution in [2.45, 2.75) is 32.4 Å². The lowest BCUT2D eigenvalue weighted by Gasteiger charge is -2.36. The van der Waals surface area contributed by atoms with Crippen LogP contribution in [0.4, 0.5) is 4.39 Å². The van der Waals surface area contributed by atoms with Crippen molar-refractivity contribution in [3.63, 3.8) is 0 Å². The Balaban J connectivity index is 1.71. The lowest BCUT2D eigenvalue weighted by atomic mass is 9.95. The number of piperidine rings is 1. The van der Waals surface area contributed by atoms with Gasteiger partial charge in [0.05, 0.1) is 19.7 Å². The molecule has 0 spiro atoms. The lowest BCUT2D eigenvalue weighted by Crippen LogP contribution is -2.38. The maximum absolute atomic E-state index is 13.3. The number of ether oxygens (including phenoxy) is 1. The van der Waals surface area contributed by atoms with E-state index in [0.29, 0.717) is 24.0 Å². The Labute approximate surface area is 175 Å². The molecule has 2 aromatic carbocycles. The number of rotatable bonds is 6. The summed E-state index contributed by atoms with van der Waals surface area (Å²) >= 11 is 0. The van der Waals surface area contributed by atoms with Crippen molar-refractivity contribution < 1.29 is 14.2 Å². The van der Waals surface area contributed by atoms with Crippen LogP contribution in [0.25, 0.3) is 0 Å². The molecule has 4 rings (SSSR count). The minimum absolute atomic E-state index is 0.0955. The Morgan fingerprint density at radius 1 is 1.17 bits per heavy atom. The first-order valence-corrected chi connectivity index (χ1v) is 10.2. The first-order valence-electron chi connectivity index (χ1n) is 10.2. The van der Waals surface area contributed by atoms with Gasteiger partial charge in [0.1, 0.15) is 5.82 Å². The summed E-state index contributed by atoms with van der Waals surface area (Å²) in [6, 6.07) is 11.5. The van der Waals surface area contributed by atoms with Crippen molar-refractivity contribution in [2.75, 3.05) is 20.2 Å². The first kappa shape index (κ1) is 20.3. The molecule has 1 saturated heterocycles. The zero-order valence-electron chi connectivity index (χ0n) is 17.2.